The summed E-state index contributed by atoms with van der Waals surface area (Å²) < 4.78 is 11.4. The highest BCUT2D eigenvalue weighted by Crippen LogP contribution is 2.33. The molecule has 0 bridgehead atoms. The number of rotatable bonds is 3. The van der Waals surface area contributed by atoms with E-state index < -0.39 is 0 Å². The second kappa shape index (κ2) is 5.59. The quantitative estimate of drug-likeness (QED) is 0.940. The van der Waals surface area contributed by atoms with Crippen LogP contribution < -0.4 is 15.2 Å². The van der Waals surface area contributed by atoms with Gasteiger partial charge in [-0.3, -0.25) is 0 Å². The highest BCUT2D eigenvalue weighted by molar-refractivity contribution is 9.10. The Balaban J connectivity index is 2.29. The molecule has 0 aliphatic rings. The molecule has 19 heavy (non-hydrogen) atoms. The molecule has 2 N–H and O–H groups in total. The van der Waals surface area contributed by atoms with Crippen molar-refractivity contribution in [2.45, 2.75) is 0 Å². The Hall–Kier alpha value is -2.26. The molecule has 0 aliphatic carbocycles. The first-order valence-electron chi connectivity index (χ1n) is 5.31. The maximum atomic E-state index is 8.74. The number of aromatic nitrogens is 1. The number of pyridine rings is 1. The standard InChI is InChI=1S/C13H10BrN3O2/c1-18-9-2-3-12(10(14)5-9)19-13-11(16)4-8(6-15)7-17-13/h2-5,7H,16H2,1H3. The summed E-state index contributed by atoms with van der Waals surface area (Å²) in [6.45, 7) is 0. The molecule has 6 heteroatoms. The van der Waals surface area contributed by atoms with E-state index in [1.54, 1.807) is 25.3 Å². The third-order valence-corrected chi connectivity index (χ3v) is 2.97. The molecule has 2 rings (SSSR count). The first-order valence-corrected chi connectivity index (χ1v) is 6.10. The highest BCUT2D eigenvalue weighted by atomic mass is 79.9. The van der Waals surface area contributed by atoms with Gasteiger partial charge >= 0.3 is 0 Å². The molecule has 0 unspecified atom stereocenters. The van der Waals surface area contributed by atoms with Crippen LogP contribution in [0.1, 0.15) is 5.56 Å². The topological polar surface area (TPSA) is 81.2 Å². The molecule has 1 aromatic carbocycles. The smallest absolute Gasteiger partial charge is 0.242 e. The molecule has 0 saturated carbocycles. The van der Waals surface area contributed by atoms with Gasteiger partial charge in [0.25, 0.3) is 0 Å². The van der Waals surface area contributed by atoms with Crippen molar-refractivity contribution in [2.24, 2.45) is 0 Å². The number of nitrogens with zero attached hydrogens (tertiary/aromatic N) is 2. The van der Waals surface area contributed by atoms with Crippen molar-refractivity contribution in [1.29, 1.82) is 5.26 Å². The molecule has 2 aromatic rings. The molecule has 5 nitrogen and oxygen atoms in total. The van der Waals surface area contributed by atoms with E-state index in [1.165, 1.54) is 12.3 Å². The Bertz CT molecular complexity index is 653. The minimum atomic E-state index is 0.255. The molecular formula is C13H10BrN3O2. The van der Waals surface area contributed by atoms with E-state index in [-0.39, 0.29) is 5.88 Å². The molecule has 0 spiro atoms. The Morgan fingerprint density at radius 1 is 1.37 bits per heavy atom. The lowest BCUT2D eigenvalue weighted by molar-refractivity contribution is 0.411. The van der Waals surface area contributed by atoms with E-state index in [4.69, 9.17) is 20.5 Å². The molecule has 0 fully saturated rings. The minimum absolute atomic E-state index is 0.255. The third kappa shape index (κ3) is 2.95. The zero-order valence-electron chi connectivity index (χ0n) is 10.1. The van der Waals surface area contributed by atoms with Crippen LogP contribution in [0.5, 0.6) is 17.4 Å². The molecule has 1 aromatic heterocycles. The van der Waals surface area contributed by atoms with Gasteiger partial charge in [-0.1, -0.05) is 0 Å². The van der Waals surface area contributed by atoms with Gasteiger partial charge in [-0.15, -0.1) is 0 Å². The number of hydrogen-bond donors (Lipinski definition) is 1. The lowest BCUT2D eigenvalue weighted by Gasteiger charge is -2.10. The van der Waals surface area contributed by atoms with E-state index in [2.05, 4.69) is 20.9 Å². The van der Waals surface area contributed by atoms with Crippen LogP contribution in [0.4, 0.5) is 5.69 Å². The highest BCUT2D eigenvalue weighted by Gasteiger charge is 2.09. The summed E-state index contributed by atoms with van der Waals surface area (Å²) in [5, 5.41) is 8.74. The Morgan fingerprint density at radius 3 is 2.74 bits per heavy atom. The molecule has 0 aliphatic heterocycles. The summed E-state index contributed by atoms with van der Waals surface area (Å²) in [4.78, 5) is 4.01. The average molecular weight is 320 g/mol. The normalized spacial score (nSPS) is 9.74. The second-order valence-electron chi connectivity index (χ2n) is 3.63. The SMILES string of the molecule is COc1ccc(Oc2ncc(C#N)cc2N)c(Br)c1. The fourth-order valence-corrected chi connectivity index (χ4v) is 1.85. The lowest BCUT2D eigenvalue weighted by Crippen LogP contribution is -1.96. The van der Waals surface area contributed by atoms with Crippen molar-refractivity contribution in [2.75, 3.05) is 12.8 Å². The lowest BCUT2D eigenvalue weighted by atomic mass is 10.3. The summed E-state index contributed by atoms with van der Waals surface area (Å²) in [6.07, 6.45) is 1.41. The van der Waals surface area contributed by atoms with Crippen molar-refractivity contribution >= 4 is 21.6 Å². The Labute approximate surface area is 118 Å². The van der Waals surface area contributed by atoms with Crippen LogP contribution in [0.15, 0.2) is 34.9 Å². The molecular weight excluding hydrogens is 310 g/mol. The molecule has 96 valence electrons. The van der Waals surface area contributed by atoms with E-state index >= 15 is 0 Å². The first-order chi connectivity index (χ1) is 9.13. The number of halogens is 1. The van der Waals surface area contributed by atoms with Gasteiger partial charge in [0.15, 0.2) is 0 Å². The van der Waals surface area contributed by atoms with Gasteiger partial charge in [-0.2, -0.15) is 5.26 Å². The van der Waals surface area contributed by atoms with Gasteiger partial charge in [-0.25, -0.2) is 4.98 Å². The van der Waals surface area contributed by atoms with Crippen molar-refractivity contribution in [3.05, 3.63) is 40.5 Å². The molecule has 0 radical (unpaired) electrons. The average Bonchev–Trinajstić information content (AvgIpc) is 2.42. The van der Waals surface area contributed by atoms with Crippen LogP contribution in [0, 0.1) is 11.3 Å². The first kappa shape index (κ1) is 13.2. The van der Waals surface area contributed by atoms with Gasteiger partial charge < -0.3 is 15.2 Å². The molecule has 1 heterocycles. The van der Waals surface area contributed by atoms with Crippen molar-refractivity contribution in [3.8, 4) is 23.4 Å². The third-order valence-electron chi connectivity index (χ3n) is 2.35. The van der Waals surface area contributed by atoms with Gasteiger partial charge in [0.1, 0.15) is 17.6 Å². The van der Waals surface area contributed by atoms with E-state index in [9.17, 15) is 0 Å². The maximum Gasteiger partial charge on any atom is 0.242 e. The number of methoxy groups -OCH3 is 1. The molecule has 0 saturated heterocycles. The Kier molecular flexibility index (Phi) is 3.88. The van der Waals surface area contributed by atoms with Crippen LogP contribution >= 0.6 is 15.9 Å². The minimum Gasteiger partial charge on any atom is -0.497 e. The molecule has 0 amide bonds. The van der Waals surface area contributed by atoms with Gasteiger partial charge in [-0.05, 0) is 40.2 Å². The van der Waals surface area contributed by atoms with Gasteiger partial charge in [0, 0.05) is 6.20 Å². The zero-order valence-corrected chi connectivity index (χ0v) is 11.6. The van der Waals surface area contributed by atoms with Crippen LogP contribution in [0.2, 0.25) is 0 Å². The largest absolute Gasteiger partial charge is 0.497 e. The summed E-state index contributed by atoms with van der Waals surface area (Å²) >= 11 is 3.37. The van der Waals surface area contributed by atoms with Crippen molar-refractivity contribution in [3.63, 3.8) is 0 Å². The summed E-state index contributed by atoms with van der Waals surface area (Å²) in [7, 11) is 1.59. The number of nitrogen functional groups attached to an aromatic ring is 1. The van der Waals surface area contributed by atoms with Gasteiger partial charge in [0.05, 0.1) is 22.8 Å². The van der Waals surface area contributed by atoms with Crippen LogP contribution in [0.25, 0.3) is 0 Å². The van der Waals surface area contributed by atoms with Crippen molar-refractivity contribution < 1.29 is 9.47 Å². The summed E-state index contributed by atoms with van der Waals surface area (Å²) in [5.41, 5.74) is 6.47. The van der Waals surface area contributed by atoms with Crippen LogP contribution in [-0.2, 0) is 0 Å². The van der Waals surface area contributed by atoms with Crippen LogP contribution in [-0.4, -0.2) is 12.1 Å². The molecule has 0 atom stereocenters. The predicted molar refractivity (Wildman–Crippen MR) is 74.1 cm³/mol. The fourth-order valence-electron chi connectivity index (χ4n) is 1.41. The number of ether oxygens (including phenoxy) is 2. The number of hydrogen-bond acceptors (Lipinski definition) is 5. The zero-order chi connectivity index (χ0) is 13.8. The second-order valence-corrected chi connectivity index (χ2v) is 4.48. The van der Waals surface area contributed by atoms with E-state index in [0.29, 0.717) is 22.7 Å². The van der Waals surface area contributed by atoms with E-state index in [0.717, 1.165) is 4.47 Å². The maximum absolute atomic E-state index is 8.74. The van der Waals surface area contributed by atoms with Gasteiger partial charge in [0.2, 0.25) is 5.88 Å². The number of nitrogens with two attached hydrogens (primary N) is 1. The fraction of sp³-hybridized carbons (Fsp3) is 0.0769. The van der Waals surface area contributed by atoms with E-state index in [1.807, 2.05) is 6.07 Å². The summed E-state index contributed by atoms with van der Waals surface area (Å²) in [5.74, 6) is 1.52. The predicted octanol–water partition coefficient (Wildman–Crippen LogP) is 3.10. The number of nitriles is 1. The summed E-state index contributed by atoms with van der Waals surface area (Å²) in [6, 6.07) is 8.75. The monoisotopic (exact) mass is 319 g/mol. The number of anilines is 1. The van der Waals surface area contributed by atoms with Crippen LogP contribution in [0.3, 0.4) is 0 Å². The Morgan fingerprint density at radius 2 is 2.16 bits per heavy atom. The number of benzene rings is 1. The van der Waals surface area contributed by atoms with Crippen molar-refractivity contribution in [1.82, 2.24) is 4.98 Å².